The van der Waals surface area contributed by atoms with Crippen LogP contribution in [-0.4, -0.2) is 41.0 Å². The fourth-order valence-electron chi connectivity index (χ4n) is 3.92. The van der Waals surface area contributed by atoms with Crippen molar-refractivity contribution in [2.75, 3.05) is 13.1 Å². The first kappa shape index (κ1) is 15.1. The fraction of sp³-hybridized carbons (Fsp3) is 0.929. The first-order valence-electron chi connectivity index (χ1n) is 7.32. The first-order valence-corrected chi connectivity index (χ1v) is 7.32. The van der Waals surface area contributed by atoms with E-state index in [1.807, 2.05) is 4.90 Å². The lowest BCUT2D eigenvalue weighted by Crippen LogP contribution is -2.62. The number of carbonyl (C=O) groups is 1. The molecule has 0 radical (unpaired) electrons. The van der Waals surface area contributed by atoms with Gasteiger partial charge in [-0.15, -0.1) is 0 Å². The molecular formula is C14H25N5O. The molecule has 6 heteroatoms. The summed E-state index contributed by atoms with van der Waals surface area (Å²) in [5, 5.41) is 7.26. The molecule has 1 amide bonds. The highest BCUT2D eigenvalue weighted by Gasteiger charge is 2.43. The van der Waals surface area contributed by atoms with Crippen LogP contribution >= 0.6 is 0 Å². The Hall–Kier alpha value is -1.26. The van der Waals surface area contributed by atoms with Crippen molar-refractivity contribution in [3.63, 3.8) is 0 Å². The summed E-state index contributed by atoms with van der Waals surface area (Å²) in [6.45, 7) is 9.93. The van der Waals surface area contributed by atoms with Crippen molar-refractivity contribution in [3.8, 4) is 0 Å². The van der Waals surface area contributed by atoms with Gasteiger partial charge < -0.3 is 10.2 Å². The molecule has 1 unspecified atom stereocenters. The molecule has 2 rings (SSSR count). The largest absolute Gasteiger partial charge is 0.339 e. The van der Waals surface area contributed by atoms with Crippen molar-refractivity contribution >= 4 is 5.91 Å². The van der Waals surface area contributed by atoms with E-state index >= 15 is 0 Å². The SMILES string of the molecule is CC1(C)CC(N2CC(CN=[N+]=[N-])CC2=O)CC(C)(C)N1. The van der Waals surface area contributed by atoms with Gasteiger partial charge in [-0.1, -0.05) is 5.11 Å². The van der Waals surface area contributed by atoms with Crippen LogP contribution < -0.4 is 5.32 Å². The van der Waals surface area contributed by atoms with Gasteiger partial charge in [0.1, 0.15) is 0 Å². The average Bonchev–Trinajstić information content (AvgIpc) is 2.63. The summed E-state index contributed by atoms with van der Waals surface area (Å²) in [7, 11) is 0. The van der Waals surface area contributed by atoms with E-state index in [0.29, 0.717) is 13.0 Å². The fourth-order valence-corrected chi connectivity index (χ4v) is 3.92. The van der Waals surface area contributed by atoms with Gasteiger partial charge in [-0.25, -0.2) is 0 Å². The van der Waals surface area contributed by atoms with Gasteiger partial charge in [0, 0.05) is 41.5 Å². The molecule has 1 N–H and O–H groups in total. The van der Waals surface area contributed by atoms with Crippen LogP contribution in [0.1, 0.15) is 47.0 Å². The van der Waals surface area contributed by atoms with E-state index in [1.165, 1.54) is 0 Å². The van der Waals surface area contributed by atoms with Crippen LogP contribution in [-0.2, 0) is 4.79 Å². The molecule has 2 aliphatic heterocycles. The third-order valence-corrected chi connectivity index (χ3v) is 4.25. The molecule has 20 heavy (non-hydrogen) atoms. The number of azide groups is 1. The van der Waals surface area contributed by atoms with Crippen LogP contribution in [0, 0.1) is 5.92 Å². The molecule has 0 bridgehead atoms. The maximum atomic E-state index is 12.2. The van der Waals surface area contributed by atoms with E-state index in [2.05, 4.69) is 43.0 Å². The molecule has 0 aromatic rings. The number of hydrogen-bond acceptors (Lipinski definition) is 3. The Kier molecular flexibility index (Phi) is 3.98. The Morgan fingerprint density at radius 1 is 1.35 bits per heavy atom. The molecule has 2 saturated heterocycles. The Morgan fingerprint density at radius 2 is 1.95 bits per heavy atom. The highest BCUT2D eigenvalue weighted by Crippen LogP contribution is 2.34. The maximum Gasteiger partial charge on any atom is 0.223 e. The number of amides is 1. The molecule has 0 saturated carbocycles. The molecule has 2 heterocycles. The quantitative estimate of drug-likeness (QED) is 0.489. The molecular weight excluding hydrogens is 254 g/mol. The summed E-state index contributed by atoms with van der Waals surface area (Å²) in [5.41, 5.74) is 8.47. The number of piperidine rings is 1. The number of nitrogens with one attached hydrogen (secondary N) is 1. The van der Waals surface area contributed by atoms with Gasteiger partial charge in [0.2, 0.25) is 5.91 Å². The number of nitrogens with zero attached hydrogens (tertiary/aromatic N) is 4. The van der Waals surface area contributed by atoms with Crippen LogP contribution in [0.2, 0.25) is 0 Å². The molecule has 1 atom stereocenters. The second kappa shape index (κ2) is 5.26. The van der Waals surface area contributed by atoms with Crippen LogP contribution in [0.15, 0.2) is 5.11 Å². The minimum atomic E-state index is 0.0373. The summed E-state index contributed by atoms with van der Waals surface area (Å²) in [6, 6.07) is 0.282. The Balaban J connectivity index is 2.07. The summed E-state index contributed by atoms with van der Waals surface area (Å²) >= 11 is 0. The zero-order valence-corrected chi connectivity index (χ0v) is 12.9. The standard InChI is InChI=1S/C14H25N5O/c1-13(2)6-11(7-14(3,4)17-13)19-9-10(5-12(19)20)8-16-18-15/h10-11,17H,5-9H2,1-4H3. The predicted molar refractivity (Wildman–Crippen MR) is 78.1 cm³/mol. The van der Waals surface area contributed by atoms with E-state index in [-0.39, 0.29) is 28.9 Å². The molecule has 0 aromatic heterocycles. The molecule has 6 nitrogen and oxygen atoms in total. The van der Waals surface area contributed by atoms with Gasteiger partial charge in [0.25, 0.3) is 0 Å². The third kappa shape index (κ3) is 3.44. The lowest BCUT2D eigenvalue weighted by Gasteiger charge is -2.49. The van der Waals surface area contributed by atoms with Gasteiger partial charge in [0.05, 0.1) is 0 Å². The molecule has 2 fully saturated rings. The minimum Gasteiger partial charge on any atom is -0.339 e. The molecule has 0 spiro atoms. The first-order chi connectivity index (χ1) is 9.22. The van der Waals surface area contributed by atoms with E-state index < -0.39 is 0 Å². The summed E-state index contributed by atoms with van der Waals surface area (Å²) in [5.74, 6) is 0.390. The zero-order chi connectivity index (χ0) is 15.0. The van der Waals surface area contributed by atoms with Crippen molar-refractivity contribution in [2.45, 2.75) is 64.1 Å². The van der Waals surface area contributed by atoms with Crippen LogP contribution in [0.5, 0.6) is 0 Å². The Labute approximate surface area is 120 Å². The average molecular weight is 279 g/mol. The Morgan fingerprint density at radius 3 is 2.50 bits per heavy atom. The lowest BCUT2D eigenvalue weighted by molar-refractivity contribution is -0.131. The number of likely N-dealkylation sites (tertiary alicyclic amines) is 1. The van der Waals surface area contributed by atoms with Crippen molar-refractivity contribution in [1.29, 1.82) is 0 Å². The molecule has 0 aliphatic carbocycles. The topological polar surface area (TPSA) is 81.1 Å². The molecule has 112 valence electrons. The van der Waals surface area contributed by atoms with Gasteiger partial charge in [-0.05, 0) is 52.0 Å². The Bertz CT molecular complexity index is 423. The van der Waals surface area contributed by atoms with Crippen molar-refractivity contribution < 1.29 is 4.79 Å². The number of carbonyl (C=O) groups excluding carboxylic acids is 1. The van der Waals surface area contributed by atoms with E-state index in [1.54, 1.807) is 0 Å². The second-order valence-electron chi connectivity index (χ2n) is 7.48. The minimum absolute atomic E-state index is 0.0373. The highest BCUT2D eigenvalue weighted by atomic mass is 16.2. The number of rotatable bonds is 3. The van der Waals surface area contributed by atoms with Gasteiger partial charge in [-0.3, -0.25) is 4.79 Å². The van der Waals surface area contributed by atoms with E-state index in [9.17, 15) is 4.79 Å². The van der Waals surface area contributed by atoms with Gasteiger partial charge in [0.15, 0.2) is 0 Å². The van der Waals surface area contributed by atoms with Gasteiger partial charge >= 0.3 is 0 Å². The second-order valence-corrected chi connectivity index (χ2v) is 7.48. The van der Waals surface area contributed by atoms with Crippen LogP contribution in [0.3, 0.4) is 0 Å². The normalized spacial score (nSPS) is 29.3. The smallest absolute Gasteiger partial charge is 0.223 e. The van der Waals surface area contributed by atoms with Gasteiger partial charge in [-0.2, -0.15) is 0 Å². The zero-order valence-electron chi connectivity index (χ0n) is 12.9. The van der Waals surface area contributed by atoms with Crippen molar-refractivity contribution in [1.82, 2.24) is 10.2 Å². The monoisotopic (exact) mass is 279 g/mol. The summed E-state index contributed by atoms with van der Waals surface area (Å²) in [6.07, 6.45) is 2.45. The molecule has 2 aliphatic rings. The van der Waals surface area contributed by atoms with Crippen molar-refractivity contribution in [3.05, 3.63) is 10.4 Å². The third-order valence-electron chi connectivity index (χ3n) is 4.25. The maximum absolute atomic E-state index is 12.2. The number of hydrogen-bond donors (Lipinski definition) is 1. The van der Waals surface area contributed by atoms with Crippen LogP contribution in [0.25, 0.3) is 10.4 Å². The highest BCUT2D eigenvalue weighted by molar-refractivity contribution is 5.79. The van der Waals surface area contributed by atoms with E-state index in [0.717, 1.165) is 19.4 Å². The lowest BCUT2D eigenvalue weighted by atomic mass is 9.79. The summed E-state index contributed by atoms with van der Waals surface area (Å²) in [4.78, 5) is 17.0. The van der Waals surface area contributed by atoms with Crippen molar-refractivity contribution in [2.24, 2.45) is 11.0 Å². The molecule has 0 aromatic carbocycles. The summed E-state index contributed by atoms with van der Waals surface area (Å²) < 4.78 is 0. The van der Waals surface area contributed by atoms with Crippen LogP contribution in [0.4, 0.5) is 0 Å². The van der Waals surface area contributed by atoms with E-state index in [4.69, 9.17) is 5.53 Å². The predicted octanol–water partition coefficient (Wildman–Crippen LogP) is 2.45.